The van der Waals surface area contributed by atoms with Crippen LogP contribution in [0.1, 0.15) is 17.0 Å². The van der Waals surface area contributed by atoms with Crippen LogP contribution < -0.4 is 10.4 Å². The van der Waals surface area contributed by atoms with Crippen LogP contribution in [0.15, 0.2) is 54.6 Å². The Hall–Kier alpha value is -1.80. The summed E-state index contributed by atoms with van der Waals surface area (Å²) < 4.78 is 0. The van der Waals surface area contributed by atoms with Gasteiger partial charge >= 0.3 is 0 Å². The Labute approximate surface area is 102 Å². The van der Waals surface area contributed by atoms with Crippen LogP contribution in [0.25, 0.3) is 0 Å². The summed E-state index contributed by atoms with van der Waals surface area (Å²) in [4.78, 5) is 0. The maximum Gasteiger partial charge on any atom is 0.0555 e. The number of nitrogens with zero attached hydrogens (tertiary/aromatic N) is 1. The van der Waals surface area contributed by atoms with Crippen LogP contribution in [-0.2, 0) is 0 Å². The first-order valence-electron chi connectivity index (χ1n) is 5.97. The van der Waals surface area contributed by atoms with E-state index in [2.05, 4.69) is 72.1 Å². The lowest BCUT2D eigenvalue weighted by Gasteiger charge is -2.34. The molecule has 0 aliphatic carbocycles. The molecule has 0 spiro atoms. The van der Waals surface area contributed by atoms with Crippen molar-refractivity contribution in [3.8, 4) is 0 Å². The molecule has 1 unspecified atom stereocenters. The molecule has 0 fully saturated rings. The molecular formula is C15H16N2. The maximum atomic E-state index is 3.42. The Morgan fingerprint density at radius 3 is 2.53 bits per heavy atom. The van der Waals surface area contributed by atoms with Crippen molar-refractivity contribution in [1.29, 1.82) is 0 Å². The van der Waals surface area contributed by atoms with E-state index in [1.165, 1.54) is 16.8 Å². The predicted octanol–water partition coefficient (Wildman–Crippen LogP) is 2.77. The molecule has 2 nitrogen and oxygen atoms in total. The summed E-state index contributed by atoms with van der Waals surface area (Å²) in [5.41, 5.74) is 7.47. The maximum absolute atomic E-state index is 3.42. The molecule has 2 aromatic rings. The highest BCUT2D eigenvalue weighted by molar-refractivity contribution is 5.58. The van der Waals surface area contributed by atoms with Gasteiger partial charge in [0.15, 0.2) is 0 Å². The Morgan fingerprint density at radius 1 is 1.00 bits per heavy atom. The number of hydrazine groups is 1. The second-order valence-electron chi connectivity index (χ2n) is 4.44. The second-order valence-corrected chi connectivity index (χ2v) is 4.44. The zero-order valence-corrected chi connectivity index (χ0v) is 9.93. The molecule has 1 aliphatic rings. The summed E-state index contributed by atoms with van der Waals surface area (Å²) in [7, 11) is 2.07. The van der Waals surface area contributed by atoms with E-state index < -0.39 is 0 Å². The van der Waals surface area contributed by atoms with Gasteiger partial charge < -0.3 is 5.01 Å². The fourth-order valence-electron chi connectivity index (χ4n) is 2.49. The lowest BCUT2D eigenvalue weighted by atomic mass is 9.89. The van der Waals surface area contributed by atoms with E-state index in [0.717, 1.165) is 6.54 Å². The molecule has 2 aromatic carbocycles. The van der Waals surface area contributed by atoms with Crippen molar-refractivity contribution in [3.63, 3.8) is 0 Å². The van der Waals surface area contributed by atoms with Crippen LogP contribution in [0.4, 0.5) is 5.69 Å². The van der Waals surface area contributed by atoms with Gasteiger partial charge in [0, 0.05) is 19.5 Å². The van der Waals surface area contributed by atoms with Crippen molar-refractivity contribution in [2.75, 3.05) is 18.6 Å². The van der Waals surface area contributed by atoms with Crippen LogP contribution in [-0.4, -0.2) is 13.6 Å². The van der Waals surface area contributed by atoms with E-state index >= 15 is 0 Å². The van der Waals surface area contributed by atoms with Gasteiger partial charge in [0.1, 0.15) is 0 Å². The fourth-order valence-corrected chi connectivity index (χ4v) is 2.49. The summed E-state index contributed by atoms with van der Waals surface area (Å²) in [5.74, 6) is 0.448. The van der Waals surface area contributed by atoms with Crippen molar-refractivity contribution in [2.45, 2.75) is 5.92 Å². The van der Waals surface area contributed by atoms with E-state index in [1.54, 1.807) is 0 Å². The first-order valence-corrected chi connectivity index (χ1v) is 5.97. The average Bonchev–Trinajstić information content (AvgIpc) is 2.41. The lowest BCUT2D eigenvalue weighted by molar-refractivity contribution is 0.593. The Balaban J connectivity index is 2.07. The molecule has 0 radical (unpaired) electrons. The van der Waals surface area contributed by atoms with Crippen molar-refractivity contribution < 1.29 is 0 Å². The van der Waals surface area contributed by atoms with Crippen LogP contribution >= 0.6 is 0 Å². The summed E-state index contributed by atoms with van der Waals surface area (Å²) in [5, 5.41) is 2.11. The number of hydrogen-bond acceptors (Lipinski definition) is 2. The molecule has 3 rings (SSSR count). The minimum Gasteiger partial charge on any atom is -0.311 e. The number of rotatable bonds is 1. The third kappa shape index (κ3) is 1.81. The van der Waals surface area contributed by atoms with Crippen molar-refractivity contribution >= 4 is 5.69 Å². The monoisotopic (exact) mass is 224 g/mol. The van der Waals surface area contributed by atoms with Gasteiger partial charge in [-0.05, 0) is 17.2 Å². The van der Waals surface area contributed by atoms with Crippen LogP contribution in [0.5, 0.6) is 0 Å². The van der Waals surface area contributed by atoms with E-state index in [-0.39, 0.29) is 0 Å². The fraction of sp³-hybridized carbons (Fsp3) is 0.200. The van der Waals surface area contributed by atoms with Gasteiger partial charge in [0.2, 0.25) is 0 Å². The first kappa shape index (κ1) is 10.4. The lowest BCUT2D eigenvalue weighted by Crippen LogP contribution is -2.42. The number of benzene rings is 2. The van der Waals surface area contributed by atoms with Crippen LogP contribution in [0.2, 0.25) is 0 Å². The zero-order valence-electron chi connectivity index (χ0n) is 9.93. The summed E-state index contributed by atoms with van der Waals surface area (Å²) in [6.45, 7) is 0.956. The largest absolute Gasteiger partial charge is 0.311 e. The highest BCUT2D eigenvalue weighted by Crippen LogP contribution is 2.33. The minimum absolute atomic E-state index is 0.448. The standard InChI is InChI=1S/C15H16N2/c1-17-15-10-6-5-9-13(15)14(11-16-17)12-7-3-2-4-8-12/h2-10,14,16H,11H2,1H3. The topological polar surface area (TPSA) is 15.3 Å². The van der Waals surface area contributed by atoms with Gasteiger partial charge in [-0.1, -0.05) is 48.5 Å². The molecule has 0 saturated carbocycles. The molecule has 1 aliphatic heterocycles. The van der Waals surface area contributed by atoms with E-state index in [9.17, 15) is 0 Å². The highest BCUT2D eigenvalue weighted by atomic mass is 15.5. The van der Waals surface area contributed by atoms with E-state index in [4.69, 9.17) is 0 Å². The minimum atomic E-state index is 0.448. The highest BCUT2D eigenvalue weighted by Gasteiger charge is 2.23. The molecule has 86 valence electrons. The number of anilines is 1. The third-order valence-corrected chi connectivity index (χ3v) is 3.41. The number of para-hydroxylation sites is 1. The van der Waals surface area contributed by atoms with Gasteiger partial charge in [-0.25, -0.2) is 5.43 Å². The normalized spacial score (nSPS) is 18.9. The number of nitrogens with one attached hydrogen (secondary N) is 1. The summed E-state index contributed by atoms with van der Waals surface area (Å²) in [6, 6.07) is 19.3. The van der Waals surface area contributed by atoms with Gasteiger partial charge in [0.05, 0.1) is 5.69 Å². The molecular weight excluding hydrogens is 208 g/mol. The van der Waals surface area contributed by atoms with E-state index in [0.29, 0.717) is 5.92 Å². The Morgan fingerprint density at radius 2 is 1.71 bits per heavy atom. The summed E-state index contributed by atoms with van der Waals surface area (Å²) >= 11 is 0. The SMILES string of the molecule is CN1NCC(c2ccccc2)c2ccccc21. The van der Waals surface area contributed by atoms with Crippen molar-refractivity contribution in [1.82, 2.24) is 5.43 Å². The average molecular weight is 224 g/mol. The summed E-state index contributed by atoms with van der Waals surface area (Å²) in [6.07, 6.45) is 0. The van der Waals surface area contributed by atoms with Crippen molar-refractivity contribution in [2.24, 2.45) is 0 Å². The molecule has 1 N–H and O–H groups in total. The number of fused-ring (bicyclic) bond motifs is 1. The van der Waals surface area contributed by atoms with E-state index in [1.807, 2.05) is 0 Å². The predicted molar refractivity (Wildman–Crippen MR) is 71.1 cm³/mol. The quantitative estimate of drug-likeness (QED) is 0.801. The van der Waals surface area contributed by atoms with Gasteiger partial charge in [-0.2, -0.15) is 0 Å². The molecule has 0 aromatic heterocycles. The van der Waals surface area contributed by atoms with Crippen LogP contribution in [0, 0.1) is 0 Å². The third-order valence-electron chi connectivity index (χ3n) is 3.41. The molecule has 1 atom stereocenters. The van der Waals surface area contributed by atoms with Gasteiger partial charge in [0.25, 0.3) is 0 Å². The zero-order chi connectivity index (χ0) is 11.7. The van der Waals surface area contributed by atoms with Gasteiger partial charge in [-0.15, -0.1) is 0 Å². The smallest absolute Gasteiger partial charge is 0.0555 e. The number of hydrogen-bond donors (Lipinski definition) is 1. The second kappa shape index (κ2) is 4.22. The molecule has 0 saturated heterocycles. The Kier molecular flexibility index (Phi) is 2.57. The van der Waals surface area contributed by atoms with Crippen LogP contribution in [0.3, 0.4) is 0 Å². The van der Waals surface area contributed by atoms with Gasteiger partial charge in [-0.3, -0.25) is 0 Å². The molecule has 0 bridgehead atoms. The van der Waals surface area contributed by atoms with Crippen molar-refractivity contribution in [3.05, 3.63) is 65.7 Å². The Bertz CT molecular complexity index is 507. The molecule has 17 heavy (non-hydrogen) atoms. The first-order chi connectivity index (χ1) is 8.36. The molecule has 2 heteroatoms. The molecule has 0 amide bonds. The molecule has 1 heterocycles.